The number of rotatable bonds is 3. The van der Waals surface area contributed by atoms with Crippen LogP contribution in [0.2, 0.25) is 0 Å². The van der Waals surface area contributed by atoms with Crippen LogP contribution in [0.4, 0.5) is 0 Å². The normalized spacial score (nSPS) is 20.8. The first-order chi connectivity index (χ1) is 9.20. The third-order valence-electron chi connectivity index (χ3n) is 3.46. The summed E-state index contributed by atoms with van der Waals surface area (Å²) in [6, 6.07) is 0. The van der Waals surface area contributed by atoms with Crippen molar-refractivity contribution in [2.75, 3.05) is 13.1 Å². The molecule has 0 aromatic carbocycles. The summed E-state index contributed by atoms with van der Waals surface area (Å²) in [7, 11) is 0. The largest absolute Gasteiger partial charge is 0.445 e. The fourth-order valence-corrected chi connectivity index (χ4v) is 2.60. The number of nitrogens with zero attached hydrogens (tertiary/aromatic N) is 3. The van der Waals surface area contributed by atoms with Crippen molar-refractivity contribution in [2.24, 2.45) is 0 Å². The molecular formula is C12H17N5O2. The molecule has 0 aliphatic carbocycles. The Bertz CT molecular complexity index is 599. The number of hydrogen-bond donors (Lipinski definition) is 2. The summed E-state index contributed by atoms with van der Waals surface area (Å²) < 4.78 is 5.50. The zero-order valence-electron chi connectivity index (χ0n) is 10.8. The number of nitrogens with one attached hydrogen (secondary N) is 2. The molecule has 7 nitrogen and oxygen atoms in total. The first kappa shape index (κ1) is 12.2. The lowest BCUT2D eigenvalue weighted by atomic mass is 9.97. The molecule has 1 aliphatic rings. The highest BCUT2D eigenvalue weighted by Gasteiger charge is 2.24. The maximum atomic E-state index is 11.1. The van der Waals surface area contributed by atoms with Gasteiger partial charge in [-0.05, 0) is 19.4 Å². The number of likely N-dealkylation sites (tertiary alicyclic amines) is 1. The average Bonchev–Trinajstić information content (AvgIpc) is 2.99. The second kappa shape index (κ2) is 5.00. The third-order valence-corrected chi connectivity index (χ3v) is 3.46. The van der Waals surface area contributed by atoms with E-state index in [0.717, 1.165) is 44.1 Å². The molecule has 0 spiro atoms. The molecule has 1 unspecified atom stereocenters. The molecular weight excluding hydrogens is 246 g/mol. The fraction of sp³-hybridized carbons (Fsp3) is 0.583. The van der Waals surface area contributed by atoms with Gasteiger partial charge in [-0.25, -0.2) is 14.9 Å². The Kier molecular flexibility index (Phi) is 3.20. The van der Waals surface area contributed by atoms with E-state index in [1.54, 1.807) is 6.20 Å². The number of piperidine rings is 1. The Labute approximate surface area is 110 Å². The van der Waals surface area contributed by atoms with Crippen LogP contribution in [0.3, 0.4) is 0 Å². The van der Waals surface area contributed by atoms with Crippen LogP contribution >= 0.6 is 0 Å². The number of aryl methyl sites for hydroxylation is 1. The van der Waals surface area contributed by atoms with Gasteiger partial charge in [-0.3, -0.25) is 9.88 Å². The van der Waals surface area contributed by atoms with E-state index in [1.807, 2.05) is 6.92 Å². The quantitative estimate of drug-likeness (QED) is 0.853. The van der Waals surface area contributed by atoms with Gasteiger partial charge < -0.3 is 4.42 Å². The van der Waals surface area contributed by atoms with Crippen LogP contribution in [0.25, 0.3) is 0 Å². The van der Waals surface area contributed by atoms with Gasteiger partial charge in [0.2, 0.25) is 0 Å². The number of hydrogen-bond acceptors (Lipinski definition) is 5. The fourth-order valence-electron chi connectivity index (χ4n) is 2.60. The minimum Gasteiger partial charge on any atom is -0.445 e. The van der Waals surface area contributed by atoms with Gasteiger partial charge in [0, 0.05) is 19.4 Å². The second-order valence-electron chi connectivity index (χ2n) is 4.98. The van der Waals surface area contributed by atoms with Crippen molar-refractivity contribution >= 4 is 0 Å². The zero-order valence-corrected chi connectivity index (χ0v) is 10.8. The number of aromatic nitrogens is 4. The second-order valence-corrected chi connectivity index (χ2v) is 4.98. The topological polar surface area (TPSA) is 90.8 Å². The van der Waals surface area contributed by atoms with E-state index in [2.05, 4.69) is 25.1 Å². The molecule has 102 valence electrons. The smallest absolute Gasteiger partial charge is 0.340 e. The molecule has 3 rings (SSSR count). The Morgan fingerprint density at radius 3 is 3.16 bits per heavy atom. The minimum absolute atomic E-state index is 0.238. The standard InChI is InChI=1S/C12H17N5O2/c1-8-13-5-10(19-8)7-17-4-2-3-9(6-17)11-14-12(18)16-15-11/h5,9H,2-4,6-7H2,1H3,(H2,14,15,16,18). The first-order valence-corrected chi connectivity index (χ1v) is 6.49. The number of oxazole rings is 1. The van der Waals surface area contributed by atoms with Crippen LogP contribution in [-0.4, -0.2) is 38.2 Å². The molecule has 1 saturated heterocycles. The van der Waals surface area contributed by atoms with Crippen molar-refractivity contribution in [2.45, 2.75) is 32.2 Å². The van der Waals surface area contributed by atoms with Crippen LogP contribution in [-0.2, 0) is 6.54 Å². The highest BCUT2D eigenvalue weighted by atomic mass is 16.4. The zero-order chi connectivity index (χ0) is 13.2. The SMILES string of the molecule is Cc1ncc(CN2CCCC(c3n[nH]c(=O)[nH]3)C2)o1. The summed E-state index contributed by atoms with van der Waals surface area (Å²) in [5, 5.41) is 6.46. The Morgan fingerprint density at radius 2 is 2.47 bits per heavy atom. The van der Waals surface area contributed by atoms with Gasteiger partial charge in [0.15, 0.2) is 5.89 Å². The lowest BCUT2D eigenvalue weighted by Crippen LogP contribution is -2.34. The molecule has 19 heavy (non-hydrogen) atoms. The Hall–Kier alpha value is -1.89. The highest BCUT2D eigenvalue weighted by molar-refractivity contribution is 4.99. The van der Waals surface area contributed by atoms with Gasteiger partial charge in [-0.2, -0.15) is 5.10 Å². The van der Waals surface area contributed by atoms with Gasteiger partial charge in [-0.1, -0.05) is 0 Å². The average molecular weight is 263 g/mol. The van der Waals surface area contributed by atoms with Crippen molar-refractivity contribution < 1.29 is 4.42 Å². The molecule has 0 amide bonds. The molecule has 2 N–H and O–H groups in total. The van der Waals surface area contributed by atoms with Crippen molar-refractivity contribution in [3.8, 4) is 0 Å². The Balaban J connectivity index is 1.66. The highest BCUT2D eigenvalue weighted by Crippen LogP contribution is 2.24. The maximum Gasteiger partial charge on any atom is 0.340 e. The third kappa shape index (κ3) is 2.76. The van der Waals surface area contributed by atoms with E-state index in [-0.39, 0.29) is 11.6 Å². The number of H-pyrrole nitrogens is 2. The lowest BCUT2D eigenvalue weighted by molar-refractivity contribution is 0.183. The predicted octanol–water partition coefficient (Wildman–Crippen LogP) is 0.774. The predicted molar refractivity (Wildman–Crippen MR) is 67.7 cm³/mol. The van der Waals surface area contributed by atoms with Crippen LogP contribution < -0.4 is 5.69 Å². The van der Waals surface area contributed by atoms with Gasteiger partial charge in [0.25, 0.3) is 0 Å². The van der Waals surface area contributed by atoms with Gasteiger partial charge >= 0.3 is 5.69 Å². The van der Waals surface area contributed by atoms with Crippen LogP contribution in [0.15, 0.2) is 15.4 Å². The van der Waals surface area contributed by atoms with E-state index in [0.29, 0.717) is 5.89 Å². The van der Waals surface area contributed by atoms with Crippen molar-refractivity contribution in [3.63, 3.8) is 0 Å². The molecule has 1 fully saturated rings. The first-order valence-electron chi connectivity index (χ1n) is 6.49. The molecule has 7 heteroatoms. The summed E-state index contributed by atoms with van der Waals surface area (Å²) in [6.45, 7) is 4.51. The minimum atomic E-state index is -0.238. The molecule has 1 atom stereocenters. The monoisotopic (exact) mass is 263 g/mol. The van der Waals surface area contributed by atoms with Crippen LogP contribution in [0.5, 0.6) is 0 Å². The summed E-state index contributed by atoms with van der Waals surface area (Å²) in [5.74, 6) is 2.61. The van der Waals surface area contributed by atoms with Gasteiger partial charge in [0.1, 0.15) is 11.6 Å². The van der Waals surface area contributed by atoms with E-state index >= 15 is 0 Å². The maximum absolute atomic E-state index is 11.1. The molecule has 0 bridgehead atoms. The van der Waals surface area contributed by atoms with E-state index in [9.17, 15) is 4.79 Å². The van der Waals surface area contributed by atoms with Gasteiger partial charge in [0.05, 0.1) is 12.7 Å². The van der Waals surface area contributed by atoms with Crippen molar-refractivity contribution in [1.82, 2.24) is 25.1 Å². The molecule has 2 aromatic heterocycles. The van der Waals surface area contributed by atoms with Crippen molar-refractivity contribution in [3.05, 3.63) is 34.2 Å². The molecule has 1 aliphatic heterocycles. The molecule has 3 heterocycles. The lowest BCUT2D eigenvalue weighted by Gasteiger charge is -2.30. The molecule has 2 aromatic rings. The van der Waals surface area contributed by atoms with Crippen LogP contribution in [0, 0.1) is 6.92 Å². The molecule has 0 saturated carbocycles. The van der Waals surface area contributed by atoms with E-state index < -0.39 is 0 Å². The summed E-state index contributed by atoms with van der Waals surface area (Å²) >= 11 is 0. The van der Waals surface area contributed by atoms with Gasteiger partial charge in [-0.15, -0.1) is 0 Å². The van der Waals surface area contributed by atoms with E-state index in [4.69, 9.17) is 4.42 Å². The summed E-state index contributed by atoms with van der Waals surface area (Å²) in [4.78, 5) is 20.3. The summed E-state index contributed by atoms with van der Waals surface area (Å²) in [6.07, 6.45) is 3.91. The number of aromatic amines is 2. The Morgan fingerprint density at radius 1 is 1.58 bits per heavy atom. The molecule has 0 radical (unpaired) electrons. The van der Waals surface area contributed by atoms with Crippen LogP contribution in [0.1, 0.15) is 36.2 Å². The van der Waals surface area contributed by atoms with E-state index in [1.165, 1.54) is 0 Å². The summed E-state index contributed by atoms with van der Waals surface area (Å²) in [5.41, 5.74) is -0.238. The van der Waals surface area contributed by atoms with Crippen molar-refractivity contribution in [1.29, 1.82) is 0 Å².